The Morgan fingerprint density at radius 1 is 1.38 bits per heavy atom. The van der Waals surface area contributed by atoms with Gasteiger partial charge in [-0.05, 0) is 12.1 Å². The van der Waals surface area contributed by atoms with E-state index in [1.54, 1.807) is 24.4 Å². The zero-order valence-electron chi connectivity index (χ0n) is 9.14. The second kappa shape index (κ2) is 3.89. The summed E-state index contributed by atoms with van der Waals surface area (Å²) >= 11 is 0. The van der Waals surface area contributed by atoms with Crippen LogP contribution in [0, 0.1) is 0 Å². The van der Waals surface area contributed by atoms with Gasteiger partial charge in [-0.15, -0.1) is 0 Å². The Labute approximate surface area is 93.0 Å². The van der Waals surface area contributed by atoms with Crippen LogP contribution < -0.4 is 0 Å². The SMILES string of the molecule is CC(C)c1ncc2c(C(=O)O)cccc2n1. The van der Waals surface area contributed by atoms with Crippen molar-refractivity contribution in [1.29, 1.82) is 0 Å². The molecule has 0 radical (unpaired) electrons. The van der Waals surface area contributed by atoms with E-state index in [2.05, 4.69) is 9.97 Å². The van der Waals surface area contributed by atoms with Crippen LogP contribution in [-0.4, -0.2) is 21.0 Å². The van der Waals surface area contributed by atoms with Crippen LogP contribution >= 0.6 is 0 Å². The van der Waals surface area contributed by atoms with Gasteiger partial charge in [-0.3, -0.25) is 0 Å². The molecule has 2 rings (SSSR count). The Balaban J connectivity index is 2.69. The lowest BCUT2D eigenvalue weighted by atomic mass is 10.1. The summed E-state index contributed by atoms with van der Waals surface area (Å²) in [5.74, 6) is 0.0134. The second-order valence-corrected chi connectivity index (χ2v) is 3.93. The van der Waals surface area contributed by atoms with Crippen molar-refractivity contribution in [2.75, 3.05) is 0 Å². The van der Waals surface area contributed by atoms with Crippen molar-refractivity contribution in [2.24, 2.45) is 0 Å². The van der Waals surface area contributed by atoms with Crippen LogP contribution in [-0.2, 0) is 0 Å². The minimum absolute atomic E-state index is 0.234. The van der Waals surface area contributed by atoms with Gasteiger partial charge < -0.3 is 5.11 Å². The molecular formula is C12H12N2O2. The van der Waals surface area contributed by atoms with Crippen molar-refractivity contribution < 1.29 is 9.90 Å². The summed E-state index contributed by atoms with van der Waals surface area (Å²) in [6, 6.07) is 5.06. The van der Waals surface area contributed by atoms with E-state index in [-0.39, 0.29) is 11.5 Å². The summed E-state index contributed by atoms with van der Waals surface area (Å²) < 4.78 is 0. The molecule has 4 nitrogen and oxygen atoms in total. The summed E-state index contributed by atoms with van der Waals surface area (Å²) in [4.78, 5) is 19.5. The molecule has 0 aliphatic carbocycles. The first-order chi connectivity index (χ1) is 7.59. The zero-order chi connectivity index (χ0) is 11.7. The number of hydrogen-bond acceptors (Lipinski definition) is 3. The lowest BCUT2D eigenvalue weighted by molar-refractivity contribution is 0.0699. The minimum Gasteiger partial charge on any atom is -0.478 e. The Bertz CT molecular complexity index is 550. The fourth-order valence-corrected chi connectivity index (χ4v) is 1.53. The standard InChI is InChI=1S/C12H12N2O2/c1-7(2)11-13-6-9-8(12(15)16)4-3-5-10(9)14-11/h3-7H,1-2H3,(H,15,16). The number of carboxylic acid groups (broad SMARTS) is 1. The summed E-state index contributed by atoms with van der Waals surface area (Å²) in [6.07, 6.45) is 1.58. The molecule has 1 N–H and O–H groups in total. The highest BCUT2D eigenvalue weighted by molar-refractivity contribution is 6.02. The van der Waals surface area contributed by atoms with Gasteiger partial charge in [-0.2, -0.15) is 0 Å². The van der Waals surface area contributed by atoms with E-state index in [9.17, 15) is 4.79 Å². The molecule has 0 bridgehead atoms. The molecule has 2 aromatic rings. The van der Waals surface area contributed by atoms with Gasteiger partial charge in [0.15, 0.2) is 0 Å². The number of carbonyl (C=O) groups is 1. The van der Waals surface area contributed by atoms with Gasteiger partial charge in [-0.1, -0.05) is 19.9 Å². The molecule has 4 heteroatoms. The second-order valence-electron chi connectivity index (χ2n) is 3.93. The third kappa shape index (κ3) is 1.74. The van der Waals surface area contributed by atoms with Crippen molar-refractivity contribution in [2.45, 2.75) is 19.8 Å². The Kier molecular flexibility index (Phi) is 2.56. The van der Waals surface area contributed by atoms with E-state index < -0.39 is 5.97 Å². The molecular weight excluding hydrogens is 204 g/mol. The highest BCUT2D eigenvalue weighted by atomic mass is 16.4. The number of hydrogen-bond donors (Lipinski definition) is 1. The molecule has 0 saturated carbocycles. The number of benzene rings is 1. The molecule has 1 aromatic heterocycles. The fourth-order valence-electron chi connectivity index (χ4n) is 1.53. The van der Waals surface area contributed by atoms with Gasteiger partial charge in [0.05, 0.1) is 11.1 Å². The van der Waals surface area contributed by atoms with E-state index in [0.717, 1.165) is 5.82 Å². The average Bonchev–Trinajstić information content (AvgIpc) is 2.27. The van der Waals surface area contributed by atoms with E-state index >= 15 is 0 Å². The molecule has 0 spiro atoms. The van der Waals surface area contributed by atoms with E-state index in [0.29, 0.717) is 10.9 Å². The number of fused-ring (bicyclic) bond motifs is 1. The van der Waals surface area contributed by atoms with Crippen LogP contribution in [0.15, 0.2) is 24.4 Å². The molecule has 0 amide bonds. The molecule has 1 heterocycles. The molecule has 0 saturated heterocycles. The van der Waals surface area contributed by atoms with Crippen LogP contribution in [0.25, 0.3) is 10.9 Å². The molecule has 0 unspecified atom stereocenters. The van der Waals surface area contributed by atoms with Crippen molar-refractivity contribution in [3.05, 3.63) is 35.8 Å². The van der Waals surface area contributed by atoms with E-state index in [1.165, 1.54) is 0 Å². The van der Waals surface area contributed by atoms with Crippen LogP contribution in [0.5, 0.6) is 0 Å². The van der Waals surface area contributed by atoms with E-state index in [4.69, 9.17) is 5.11 Å². The third-order valence-electron chi connectivity index (χ3n) is 2.39. The maximum absolute atomic E-state index is 11.0. The number of nitrogens with zero attached hydrogens (tertiary/aromatic N) is 2. The summed E-state index contributed by atoms with van der Waals surface area (Å²) in [6.45, 7) is 4.00. The number of carboxylic acids is 1. The quantitative estimate of drug-likeness (QED) is 0.837. The highest BCUT2D eigenvalue weighted by Gasteiger charge is 2.10. The molecule has 16 heavy (non-hydrogen) atoms. The molecule has 1 aromatic carbocycles. The molecule has 82 valence electrons. The maximum Gasteiger partial charge on any atom is 0.336 e. The van der Waals surface area contributed by atoms with Gasteiger partial charge in [0.25, 0.3) is 0 Å². The van der Waals surface area contributed by atoms with Gasteiger partial charge in [-0.25, -0.2) is 14.8 Å². The monoisotopic (exact) mass is 216 g/mol. The summed E-state index contributed by atoms with van der Waals surface area (Å²) in [5.41, 5.74) is 0.923. The largest absolute Gasteiger partial charge is 0.478 e. The van der Waals surface area contributed by atoms with Crippen LogP contribution in [0.2, 0.25) is 0 Å². The van der Waals surface area contributed by atoms with Gasteiger partial charge in [0.1, 0.15) is 5.82 Å². The van der Waals surface area contributed by atoms with Crippen molar-refractivity contribution >= 4 is 16.9 Å². The molecule has 0 fully saturated rings. The van der Waals surface area contributed by atoms with Gasteiger partial charge >= 0.3 is 5.97 Å². The number of aromatic nitrogens is 2. The average molecular weight is 216 g/mol. The lowest BCUT2D eigenvalue weighted by Gasteiger charge is -2.06. The molecule has 0 aliphatic heterocycles. The molecule has 0 atom stereocenters. The van der Waals surface area contributed by atoms with Crippen LogP contribution in [0.3, 0.4) is 0 Å². The maximum atomic E-state index is 11.0. The van der Waals surface area contributed by atoms with Crippen molar-refractivity contribution in [3.8, 4) is 0 Å². The first kappa shape index (κ1) is 10.5. The van der Waals surface area contributed by atoms with Crippen molar-refractivity contribution in [3.63, 3.8) is 0 Å². The van der Waals surface area contributed by atoms with E-state index in [1.807, 2.05) is 13.8 Å². The fraction of sp³-hybridized carbons (Fsp3) is 0.250. The van der Waals surface area contributed by atoms with Gasteiger partial charge in [0, 0.05) is 17.5 Å². The summed E-state index contributed by atoms with van der Waals surface area (Å²) in [5, 5.41) is 9.59. The third-order valence-corrected chi connectivity index (χ3v) is 2.39. The zero-order valence-corrected chi connectivity index (χ0v) is 9.14. The number of rotatable bonds is 2. The smallest absolute Gasteiger partial charge is 0.336 e. The van der Waals surface area contributed by atoms with Crippen LogP contribution in [0.1, 0.15) is 35.9 Å². The first-order valence-corrected chi connectivity index (χ1v) is 5.08. The number of aromatic carboxylic acids is 1. The predicted molar refractivity (Wildman–Crippen MR) is 60.6 cm³/mol. The highest BCUT2D eigenvalue weighted by Crippen LogP contribution is 2.18. The summed E-state index contributed by atoms with van der Waals surface area (Å²) in [7, 11) is 0. The topological polar surface area (TPSA) is 63.1 Å². The lowest BCUT2D eigenvalue weighted by Crippen LogP contribution is -2.01. The van der Waals surface area contributed by atoms with Gasteiger partial charge in [0.2, 0.25) is 0 Å². The Hall–Kier alpha value is -1.97. The van der Waals surface area contributed by atoms with Crippen LogP contribution in [0.4, 0.5) is 0 Å². The Morgan fingerprint density at radius 2 is 2.12 bits per heavy atom. The predicted octanol–water partition coefficient (Wildman–Crippen LogP) is 2.45. The van der Waals surface area contributed by atoms with Crippen molar-refractivity contribution in [1.82, 2.24) is 9.97 Å². The molecule has 0 aliphatic rings. The first-order valence-electron chi connectivity index (χ1n) is 5.08. The Morgan fingerprint density at radius 3 is 2.75 bits per heavy atom. The minimum atomic E-state index is -0.952. The normalized spacial score (nSPS) is 10.9.